The third-order valence-corrected chi connectivity index (χ3v) is 4.43. The lowest BCUT2D eigenvalue weighted by molar-refractivity contribution is -0.384. The molecule has 0 radical (unpaired) electrons. The highest BCUT2D eigenvalue weighted by Crippen LogP contribution is 2.26. The average Bonchev–Trinajstić information content (AvgIpc) is 2.80. The standard InChI is InChI=1S/C25H21NO5/c1-30-23-11-7-10-20(18-23)24(19-8-3-2-4-9-19)12-5-6-13-25(27)31-22-16-14-21(15-17-22)26(28)29/h2-12,14-18H,13H2,1H3/b6-5+,24-12+. The molecule has 0 aliphatic carbocycles. The molecule has 0 atom stereocenters. The Bertz CT molecular complexity index is 1100. The minimum Gasteiger partial charge on any atom is -0.497 e. The van der Waals surface area contributed by atoms with E-state index in [0.29, 0.717) is 0 Å². The largest absolute Gasteiger partial charge is 0.497 e. The van der Waals surface area contributed by atoms with Crippen LogP contribution in [0.25, 0.3) is 5.57 Å². The average molecular weight is 415 g/mol. The normalized spacial score (nSPS) is 11.3. The van der Waals surface area contributed by atoms with Gasteiger partial charge in [-0.2, -0.15) is 0 Å². The Morgan fingerprint density at radius 2 is 1.65 bits per heavy atom. The third kappa shape index (κ3) is 6.14. The van der Waals surface area contributed by atoms with Crippen LogP contribution in [0.4, 0.5) is 5.69 Å². The summed E-state index contributed by atoms with van der Waals surface area (Å²) in [4.78, 5) is 22.2. The number of non-ortho nitro benzene ring substituents is 1. The lowest BCUT2D eigenvalue weighted by Crippen LogP contribution is -2.06. The molecular weight excluding hydrogens is 394 g/mol. The summed E-state index contributed by atoms with van der Waals surface area (Å²) in [5, 5.41) is 10.7. The van der Waals surface area contributed by atoms with Crippen molar-refractivity contribution >= 4 is 17.2 Å². The van der Waals surface area contributed by atoms with E-state index in [1.807, 2.05) is 60.7 Å². The van der Waals surface area contributed by atoms with Gasteiger partial charge < -0.3 is 9.47 Å². The first-order valence-electron chi connectivity index (χ1n) is 9.58. The van der Waals surface area contributed by atoms with E-state index in [1.54, 1.807) is 19.3 Å². The lowest BCUT2D eigenvalue weighted by atomic mass is 9.97. The topological polar surface area (TPSA) is 78.7 Å². The fourth-order valence-electron chi connectivity index (χ4n) is 2.90. The zero-order valence-electron chi connectivity index (χ0n) is 16.9. The zero-order chi connectivity index (χ0) is 22.1. The second-order valence-corrected chi connectivity index (χ2v) is 6.54. The smallest absolute Gasteiger partial charge is 0.315 e. The Balaban J connectivity index is 1.71. The van der Waals surface area contributed by atoms with E-state index in [2.05, 4.69) is 0 Å². The summed E-state index contributed by atoms with van der Waals surface area (Å²) in [6, 6.07) is 23.1. The van der Waals surface area contributed by atoms with Gasteiger partial charge in [0.1, 0.15) is 11.5 Å². The van der Waals surface area contributed by atoms with Crippen LogP contribution in [0.2, 0.25) is 0 Å². The number of nitro benzene ring substituents is 1. The molecule has 3 aromatic carbocycles. The predicted molar refractivity (Wildman–Crippen MR) is 119 cm³/mol. The Morgan fingerprint density at radius 1 is 0.935 bits per heavy atom. The van der Waals surface area contributed by atoms with Crippen LogP contribution in [-0.2, 0) is 4.79 Å². The number of methoxy groups -OCH3 is 1. The van der Waals surface area contributed by atoms with Crippen LogP contribution >= 0.6 is 0 Å². The molecule has 0 saturated carbocycles. The summed E-state index contributed by atoms with van der Waals surface area (Å²) in [5.41, 5.74) is 2.95. The number of carbonyl (C=O) groups excluding carboxylic acids is 1. The van der Waals surface area contributed by atoms with Gasteiger partial charge in [-0.05, 0) is 41.0 Å². The number of benzene rings is 3. The number of allylic oxidation sites excluding steroid dienone is 2. The summed E-state index contributed by atoms with van der Waals surface area (Å²) in [6.45, 7) is 0. The molecule has 156 valence electrons. The quantitative estimate of drug-likeness (QED) is 0.158. The van der Waals surface area contributed by atoms with Crippen LogP contribution < -0.4 is 9.47 Å². The Labute approximate surface area is 180 Å². The number of rotatable bonds is 8. The van der Waals surface area contributed by atoms with E-state index in [0.717, 1.165) is 22.4 Å². The second kappa shape index (κ2) is 10.5. The summed E-state index contributed by atoms with van der Waals surface area (Å²) < 4.78 is 10.5. The van der Waals surface area contributed by atoms with Crippen molar-refractivity contribution in [3.8, 4) is 11.5 Å². The first kappa shape index (κ1) is 21.5. The van der Waals surface area contributed by atoms with Gasteiger partial charge in [-0.15, -0.1) is 0 Å². The van der Waals surface area contributed by atoms with Gasteiger partial charge in [-0.1, -0.05) is 60.7 Å². The highest BCUT2D eigenvalue weighted by molar-refractivity contribution is 5.81. The van der Waals surface area contributed by atoms with Crippen LogP contribution in [0.1, 0.15) is 17.5 Å². The van der Waals surface area contributed by atoms with Crippen molar-refractivity contribution in [3.05, 3.63) is 118 Å². The van der Waals surface area contributed by atoms with Gasteiger partial charge in [0.15, 0.2) is 0 Å². The first-order chi connectivity index (χ1) is 15.1. The molecule has 3 rings (SSSR count). The molecule has 31 heavy (non-hydrogen) atoms. The van der Waals surface area contributed by atoms with E-state index in [-0.39, 0.29) is 17.9 Å². The zero-order valence-corrected chi connectivity index (χ0v) is 16.9. The Morgan fingerprint density at radius 3 is 2.32 bits per heavy atom. The van der Waals surface area contributed by atoms with Crippen LogP contribution in [-0.4, -0.2) is 18.0 Å². The molecule has 6 heteroatoms. The fourth-order valence-corrected chi connectivity index (χ4v) is 2.90. The number of ether oxygens (including phenoxy) is 2. The van der Waals surface area contributed by atoms with Gasteiger partial charge in [-0.25, -0.2) is 0 Å². The highest BCUT2D eigenvalue weighted by atomic mass is 16.6. The number of nitro groups is 1. The van der Waals surface area contributed by atoms with Crippen molar-refractivity contribution < 1.29 is 19.2 Å². The van der Waals surface area contributed by atoms with E-state index in [9.17, 15) is 14.9 Å². The molecular formula is C25H21NO5. The molecule has 0 bridgehead atoms. The summed E-state index contributed by atoms with van der Waals surface area (Å²) in [6.07, 6.45) is 5.51. The van der Waals surface area contributed by atoms with Crippen LogP contribution in [0.15, 0.2) is 97.1 Å². The van der Waals surface area contributed by atoms with Gasteiger partial charge in [0.05, 0.1) is 18.5 Å². The maximum absolute atomic E-state index is 12.1. The van der Waals surface area contributed by atoms with E-state index >= 15 is 0 Å². The van der Waals surface area contributed by atoms with Crippen LogP contribution in [0.5, 0.6) is 11.5 Å². The number of hydrogen-bond donors (Lipinski definition) is 0. The van der Waals surface area contributed by atoms with Crippen LogP contribution in [0.3, 0.4) is 0 Å². The molecule has 0 aliphatic rings. The summed E-state index contributed by atoms with van der Waals surface area (Å²) >= 11 is 0. The monoisotopic (exact) mass is 415 g/mol. The van der Waals surface area contributed by atoms with Gasteiger partial charge >= 0.3 is 5.97 Å². The molecule has 0 aromatic heterocycles. The molecule has 0 aliphatic heterocycles. The summed E-state index contributed by atoms with van der Waals surface area (Å²) in [5.74, 6) is 0.567. The highest BCUT2D eigenvalue weighted by Gasteiger charge is 2.08. The maximum Gasteiger partial charge on any atom is 0.315 e. The SMILES string of the molecule is COc1cccc(/C(=C/C=C/CC(=O)Oc2ccc([N+](=O)[O-])cc2)c2ccccc2)c1. The van der Waals surface area contributed by atoms with E-state index in [4.69, 9.17) is 9.47 Å². The van der Waals surface area contributed by atoms with E-state index in [1.165, 1.54) is 24.3 Å². The minimum absolute atomic E-state index is 0.0594. The van der Waals surface area contributed by atoms with Crippen LogP contribution in [0, 0.1) is 10.1 Å². The van der Waals surface area contributed by atoms with Crippen molar-refractivity contribution in [1.82, 2.24) is 0 Å². The number of carbonyl (C=O) groups is 1. The number of esters is 1. The molecule has 0 saturated heterocycles. The van der Waals surface area contributed by atoms with Gasteiger partial charge in [0, 0.05) is 12.1 Å². The van der Waals surface area contributed by atoms with Crippen molar-refractivity contribution in [2.75, 3.05) is 7.11 Å². The molecule has 0 unspecified atom stereocenters. The predicted octanol–water partition coefficient (Wildman–Crippen LogP) is 5.59. The maximum atomic E-state index is 12.1. The van der Waals surface area contributed by atoms with Gasteiger partial charge in [0.25, 0.3) is 5.69 Å². The van der Waals surface area contributed by atoms with Gasteiger partial charge in [0.2, 0.25) is 0 Å². The Hall–Kier alpha value is -4.19. The lowest BCUT2D eigenvalue weighted by Gasteiger charge is -2.09. The Kier molecular flexibility index (Phi) is 7.32. The number of nitrogens with zero attached hydrogens (tertiary/aromatic N) is 1. The molecule has 6 nitrogen and oxygen atoms in total. The van der Waals surface area contributed by atoms with Crippen molar-refractivity contribution in [2.45, 2.75) is 6.42 Å². The molecule has 0 amide bonds. The third-order valence-electron chi connectivity index (χ3n) is 4.43. The first-order valence-corrected chi connectivity index (χ1v) is 9.58. The molecule has 3 aromatic rings. The van der Waals surface area contributed by atoms with Crippen molar-refractivity contribution in [3.63, 3.8) is 0 Å². The molecule has 0 fully saturated rings. The molecule has 0 N–H and O–H groups in total. The minimum atomic E-state index is -0.507. The molecule has 0 spiro atoms. The number of hydrogen-bond acceptors (Lipinski definition) is 5. The second-order valence-electron chi connectivity index (χ2n) is 6.54. The van der Waals surface area contributed by atoms with E-state index < -0.39 is 10.9 Å². The van der Waals surface area contributed by atoms with Gasteiger partial charge in [-0.3, -0.25) is 14.9 Å². The van der Waals surface area contributed by atoms with Crippen molar-refractivity contribution in [1.29, 1.82) is 0 Å². The molecule has 0 heterocycles. The fraction of sp³-hybridized carbons (Fsp3) is 0.0800. The van der Waals surface area contributed by atoms with Crippen molar-refractivity contribution in [2.24, 2.45) is 0 Å². The summed E-state index contributed by atoms with van der Waals surface area (Å²) in [7, 11) is 1.63.